The zero-order valence-electron chi connectivity index (χ0n) is 12.9. The molecule has 0 saturated carbocycles. The second kappa shape index (κ2) is 5.30. The molecule has 0 fully saturated rings. The zero-order valence-corrected chi connectivity index (χ0v) is 12.9. The summed E-state index contributed by atoms with van der Waals surface area (Å²) >= 11 is 0. The average molecular weight is 294 g/mol. The smallest absolute Gasteiger partial charge is 0.419 e. The highest BCUT2D eigenvalue weighted by molar-refractivity contribution is 5.96. The van der Waals surface area contributed by atoms with Crippen LogP contribution in [-0.2, 0) is 4.74 Å². The monoisotopic (exact) mass is 294 g/mol. The summed E-state index contributed by atoms with van der Waals surface area (Å²) in [5.41, 5.74) is 1.94. The summed E-state index contributed by atoms with van der Waals surface area (Å²) in [6, 6.07) is 13.5. The molecule has 4 nitrogen and oxygen atoms in total. The van der Waals surface area contributed by atoms with Gasteiger partial charge in [0.2, 0.25) is 0 Å². The Morgan fingerprint density at radius 3 is 2.59 bits per heavy atom. The molecule has 4 heteroatoms. The Balaban J connectivity index is 2.20. The van der Waals surface area contributed by atoms with Crippen LogP contribution in [0.15, 0.2) is 54.9 Å². The molecular formula is C18H18N2O2. The fraction of sp³-hybridized carbons (Fsp3) is 0.222. The molecule has 0 saturated heterocycles. The van der Waals surface area contributed by atoms with Crippen LogP contribution in [0.3, 0.4) is 0 Å². The third-order valence-corrected chi connectivity index (χ3v) is 3.24. The van der Waals surface area contributed by atoms with Crippen LogP contribution in [0.1, 0.15) is 20.8 Å². The van der Waals surface area contributed by atoms with E-state index in [1.165, 1.54) is 0 Å². The van der Waals surface area contributed by atoms with Gasteiger partial charge in [-0.25, -0.2) is 9.36 Å². The molecule has 2 heterocycles. The van der Waals surface area contributed by atoms with E-state index in [9.17, 15) is 4.79 Å². The van der Waals surface area contributed by atoms with Crippen molar-refractivity contribution < 1.29 is 9.53 Å². The molecule has 0 bridgehead atoms. The molecule has 0 atom stereocenters. The van der Waals surface area contributed by atoms with E-state index >= 15 is 0 Å². The van der Waals surface area contributed by atoms with Gasteiger partial charge in [0.1, 0.15) is 5.60 Å². The molecule has 0 amide bonds. The number of hydrogen-bond acceptors (Lipinski definition) is 3. The predicted octanol–water partition coefficient (Wildman–Crippen LogP) is 4.49. The molecule has 22 heavy (non-hydrogen) atoms. The number of pyridine rings is 1. The Kier molecular flexibility index (Phi) is 3.45. The Bertz CT molecular complexity index is 814. The zero-order chi connectivity index (χ0) is 15.7. The van der Waals surface area contributed by atoms with Crippen LogP contribution >= 0.6 is 0 Å². The first-order valence-corrected chi connectivity index (χ1v) is 7.20. The second-order valence-corrected chi connectivity index (χ2v) is 6.15. The lowest BCUT2D eigenvalue weighted by Crippen LogP contribution is -2.27. The first-order chi connectivity index (χ1) is 10.5. The Labute approximate surface area is 129 Å². The van der Waals surface area contributed by atoms with Gasteiger partial charge in [-0.2, -0.15) is 0 Å². The van der Waals surface area contributed by atoms with Crippen LogP contribution in [0.2, 0.25) is 0 Å². The van der Waals surface area contributed by atoms with Gasteiger partial charge in [-0.1, -0.05) is 18.2 Å². The lowest BCUT2D eigenvalue weighted by Gasteiger charge is -2.21. The van der Waals surface area contributed by atoms with Gasteiger partial charge < -0.3 is 4.74 Å². The number of nitrogens with zero attached hydrogens (tertiary/aromatic N) is 2. The van der Waals surface area contributed by atoms with Crippen molar-refractivity contribution in [1.29, 1.82) is 0 Å². The maximum Gasteiger partial charge on any atom is 0.419 e. The average Bonchev–Trinajstić information content (AvgIpc) is 2.86. The van der Waals surface area contributed by atoms with Crippen molar-refractivity contribution in [3.8, 4) is 11.3 Å². The van der Waals surface area contributed by atoms with Crippen molar-refractivity contribution in [2.75, 3.05) is 0 Å². The molecule has 0 unspecified atom stereocenters. The third kappa shape index (κ3) is 2.72. The van der Waals surface area contributed by atoms with Crippen LogP contribution in [0, 0.1) is 0 Å². The summed E-state index contributed by atoms with van der Waals surface area (Å²) in [7, 11) is 0. The summed E-state index contributed by atoms with van der Waals surface area (Å²) in [4.78, 5) is 16.8. The van der Waals surface area contributed by atoms with Gasteiger partial charge in [0.05, 0.1) is 11.2 Å². The summed E-state index contributed by atoms with van der Waals surface area (Å²) in [6.07, 6.45) is 3.08. The van der Waals surface area contributed by atoms with Gasteiger partial charge in [0, 0.05) is 23.3 Å². The SMILES string of the molecule is CC(C)(C)OC(=O)n1c(-c2cccnc2)cc2ccccc21. The van der Waals surface area contributed by atoms with Crippen LogP contribution in [0.4, 0.5) is 4.79 Å². The Morgan fingerprint density at radius 1 is 1.14 bits per heavy atom. The topological polar surface area (TPSA) is 44.1 Å². The van der Waals surface area contributed by atoms with E-state index in [0.29, 0.717) is 0 Å². The molecule has 0 aliphatic heterocycles. The highest BCUT2D eigenvalue weighted by atomic mass is 16.6. The largest absolute Gasteiger partial charge is 0.443 e. The highest BCUT2D eigenvalue weighted by Gasteiger charge is 2.22. The van der Waals surface area contributed by atoms with E-state index in [2.05, 4.69) is 4.98 Å². The molecule has 2 aromatic heterocycles. The Morgan fingerprint density at radius 2 is 1.91 bits per heavy atom. The molecule has 0 spiro atoms. The summed E-state index contributed by atoms with van der Waals surface area (Å²) in [5, 5.41) is 0.993. The summed E-state index contributed by atoms with van der Waals surface area (Å²) in [5.74, 6) is 0. The van der Waals surface area contributed by atoms with Crippen molar-refractivity contribution in [2.24, 2.45) is 0 Å². The first-order valence-electron chi connectivity index (χ1n) is 7.20. The number of para-hydroxylation sites is 1. The number of hydrogen-bond donors (Lipinski definition) is 0. The molecule has 3 aromatic rings. The van der Waals surface area contributed by atoms with Crippen molar-refractivity contribution in [2.45, 2.75) is 26.4 Å². The molecule has 112 valence electrons. The van der Waals surface area contributed by atoms with Crippen molar-refractivity contribution >= 4 is 17.0 Å². The third-order valence-electron chi connectivity index (χ3n) is 3.24. The van der Waals surface area contributed by atoms with Gasteiger partial charge in [-0.05, 0) is 45.0 Å². The van der Waals surface area contributed by atoms with Crippen LogP contribution in [-0.4, -0.2) is 21.2 Å². The normalized spacial score (nSPS) is 11.6. The fourth-order valence-electron chi connectivity index (χ4n) is 2.39. The minimum Gasteiger partial charge on any atom is -0.443 e. The highest BCUT2D eigenvalue weighted by Crippen LogP contribution is 2.28. The minimum atomic E-state index is -0.547. The van der Waals surface area contributed by atoms with Crippen molar-refractivity contribution in [3.63, 3.8) is 0 Å². The lowest BCUT2D eigenvalue weighted by atomic mass is 10.2. The quantitative estimate of drug-likeness (QED) is 0.664. The molecule has 3 rings (SSSR count). The Hall–Kier alpha value is -2.62. The van der Waals surface area contributed by atoms with E-state index in [1.54, 1.807) is 17.0 Å². The molecule has 0 aliphatic carbocycles. The number of ether oxygens (including phenoxy) is 1. The van der Waals surface area contributed by atoms with Gasteiger partial charge in [0.15, 0.2) is 0 Å². The summed E-state index contributed by atoms with van der Waals surface area (Å²) in [6.45, 7) is 5.58. The van der Waals surface area contributed by atoms with Gasteiger partial charge in [0.25, 0.3) is 0 Å². The van der Waals surface area contributed by atoms with Gasteiger partial charge in [-0.3, -0.25) is 4.98 Å². The molecular weight excluding hydrogens is 276 g/mol. The van der Waals surface area contributed by atoms with E-state index in [-0.39, 0.29) is 6.09 Å². The number of rotatable bonds is 1. The maximum atomic E-state index is 12.6. The van der Waals surface area contributed by atoms with Crippen LogP contribution < -0.4 is 0 Å². The predicted molar refractivity (Wildman–Crippen MR) is 86.8 cm³/mol. The van der Waals surface area contributed by atoms with Crippen molar-refractivity contribution in [1.82, 2.24) is 9.55 Å². The van der Waals surface area contributed by atoms with E-state index in [0.717, 1.165) is 22.2 Å². The standard InChI is InChI=1S/C18H18N2O2/c1-18(2,3)22-17(21)20-15-9-5-4-7-13(15)11-16(20)14-8-6-10-19-12-14/h4-12H,1-3H3. The van der Waals surface area contributed by atoms with E-state index in [1.807, 2.05) is 63.2 Å². The maximum absolute atomic E-state index is 12.6. The molecule has 1 aromatic carbocycles. The number of carbonyl (C=O) groups is 1. The number of benzene rings is 1. The molecule has 0 radical (unpaired) electrons. The second-order valence-electron chi connectivity index (χ2n) is 6.15. The molecule has 0 N–H and O–H groups in total. The molecule has 0 aliphatic rings. The lowest BCUT2D eigenvalue weighted by molar-refractivity contribution is 0.0547. The minimum absolute atomic E-state index is 0.382. The number of aromatic nitrogens is 2. The van der Waals surface area contributed by atoms with Crippen LogP contribution in [0.5, 0.6) is 0 Å². The van der Waals surface area contributed by atoms with Crippen molar-refractivity contribution in [3.05, 3.63) is 54.9 Å². The number of fused-ring (bicyclic) bond motifs is 1. The fourth-order valence-corrected chi connectivity index (χ4v) is 2.39. The summed E-state index contributed by atoms with van der Waals surface area (Å²) < 4.78 is 7.16. The number of carbonyl (C=O) groups excluding carboxylic acids is 1. The van der Waals surface area contributed by atoms with Gasteiger partial charge in [-0.15, -0.1) is 0 Å². The van der Waals surface area contributed by atoms with E-state index < -0.39 is 5.60 Å². The van der Waals surface area contributed by atoms with E-state index in [4.69, 9.17) is 4.74 Å². The first kappa shape index (κ1) is 14.3. The van der Waals surface area contributed by atoms with Gasteiger partial charge >= 0.3 is 6.09 Å². The van der Waals surface area contributed by atoms with Crippen LogP contribution in [0.25, 0.3) is 22.2 Å².